The molecule has 0 saturated heterocycles. The molecule has 1 aliphatic rings. The molecule has 0 saturated carbocycles. The fraction of sp³-hybridized carbons (Fsp3) is 0.207. The van der Waals surface area contributed by atoms with Gasteiger partial charge in [-0.3, -0.25) is 4.79 Å². The highest BCUT2D eigenvalue weighted by Gasteiger charge is 2.35. The molecule has 3 aromatic carbocycles. The van der Waals surface area contributed by atoms with Crippen LogP contribution in [0.5, 0.6) is 11.5 Å². The number of anilines is 3. The van der Waals surface area contributed by atoms with Crippen LogP contribution < -0.4 is 25.0 Å². The molecule has 1 amide bonds. The zero-order valence-electron chi connectivity index (χ0n) is 22.0. The third-order valence-corrected chi connectivity index (χ3v) is 6.50. The number of hydrogen-bond donors (Lipinski definition) is 2. The van der Waals surface area contributed by atoms with E-state index in [0.29, 0.717) is 40.2 Å². The number of nitrogens with zero attached hydrogens (tertiary/aromatic N) is 4. The zero-order chi connectivity index (χ0) is 26.8. The van der Waals surface area contributed by atoms with Crippen molar-refractivity contribution in [1.82, 2.24) is 14.8 Å². The summed E-state index contributed by atoms with van der Waals surface area (Å²) in [7, 11) is 7.19. The predicted octanol–water partition coefficient (Wildman–Crippen LogP) is 4.96. The third kappa shape index (κ3) is 4.66. The van der Waals surface area contributed by atoms with E-state index in [1.165, 1.54) is 0 Å². The Morgan fingerprint density at radius 3 is 2.47 bits per heavy atom. The quantitative estimate of drug-likeness (QED) is 0.363. The Bertz CT molecular complexity index is 1510. The highest BCUT2D eigenvalue weighted by atomic mass is 16.5. The number of aromatic nitrogens is 3. The molecule has 1 aromatic heterocycles. The van der Waals surface area contributed by atoms with E-state index in [-0.39, 0.29) is 5.91 Å². The van der Waals surface area contributed by atoms with Gasteiger partial charge in [-0.15, -0.1) is 5.10 Å². The van der Waals surface area contributed by atoms with E-state index in [1.54, 1.807) is 31.0 Å². The van der Waals surface area contributed by atoms with E-state index >= 15 is 0 Å². The van der Waals surface area contributed by atoms with Crippen molar-refractivity contribution in [2.75, 3.05) is 43.8 Å². The summed E-state index contributed by atoms with van der Waals surface area (Å²) in [5.74, 6) is 2.10. The Labute approximate surface area is 221 Å². The van der Waals surface area contributed by atoms with Crippen molar-refractivity contribution < 1.29 is 14.3 Å². The molecule has 0 radical (unpaired) electrons. The van der Waals surface area contributed by atoms with Gasteiger partial charge in [-0.2, -0.15) is 4.98 Å². The van der Waals surface area contributed by atoms with Gasteiger partial charge in [0.05, 0.1) is 25.5 Å². The van der Waals surface area contributed by atoms with Crippen LogP contribution in [-0.4, -0.2) is 49.0 Å². The van der Waals surface area contributed by atoms with Crippen molar-refractivity contribution in [1.29, 1.82) is 0 Å². The van der Waals surface area contributed by atoms with Crippen LogP contribution in [0.15, 0.2) is 84.1 Å². The van der Waals surface area contributed by atoms with Gasteiger partial charge in [0.15, 0.2) is 5.82 Å². The minimum atomic E-state index is -0.543. The standard InChI is InChI=1S/C29H30N6O3/c1-18-25(28(36)31-23-11-6-7-12-24(23)38-5)26(20-9-8-10-22(17-20)37-4)35-29(30-18)32-27(33-35)19-13-15-21(16-14-19)34(2)3/h6-17,26H,1-5H3,(H,31,36)(H,30,32,33). The maximum absolute atomic E-state index is 13.8. The van der Waals surface area contributed by atoms with E-state index in [0.717, 1.165) is 16.8 Å². The topological polar surface area (TPSA) is 93.5 Å². The Morgan fingerprint density at radius 1 is 1.00 bits per heavy atom. The van der Waals surface area contributed by atoms with Gasteiger partial charge in [0.1, 0.15) is 17.5 Å². The molecule has 1 aliphatic heterocycles. The van der Waals surface area contributed by atoms with Gasteiger partial charge in [-0.05, 0) is 61.0 Å². The molecule has 5 rings (SSSR count). The van der Waals surface area contributed by atoms with Gasteiger partial charge in [0.2, 0.25) is 5.95 Å². The van der Waals surface area contributed by atoms with Gasteiger partial charge in [0, 0.05) is 31.0 Å². The van der Waals surface area contributed by atoms with Crippen LogP contribution in [0.2, 0.25) is 0 Å². The normalized spacial score (nSPS) is 14.4. The van der Waals surface area contributed by atoms with Crippen LogP contribution in [-0.2, 0) is 4.79 Å². The number of para-hydroxylation sites is 2. The van der Waals surface area contributed by atoms with E-state index in [4.69, 9.17) is 19.6 Å². The molecule has 4 aromatic rings. The lowest BCUT2D eigenvalue weighted by Crippen LogP contribution is -2.31. The molecule has 0 aliphatic carbocycles. The van der Waals surface area contributed by atoms with Gasteiger partial charge >= 0.3 is 0 Å². The SMILES string of the molecule is COc1cccc(C2C(C(=O)Nc3ccccc3OC)=C(C)Nc3nc(-c4ccc(N(C)C)cc4)nn32)c1. The average molecular weight is 511 g/mol. The molecular weight excluding hydrogens is 480 g/mol. The van der Waals surface area contributed by atoms with Crippen molar-refractivity contribution in [3.63, 3.8) is 0 Å². The number of amides is 1. The second-order valence-corrected chi connectivity index (χ2v) is 9.14. The van der Waals surface area contributed by atoms with E-state index < -0.39 is 6.04 Å². The fourth-order valence-corrected chi connectivity index (χ4v) is 4.53. The van der Waals surface area contributed by atoms with Crippen molar-refractivity contribution in [3.8, 4) is 22.9 Å². The number of fused-ring (bicyclic) bond motifs is 1. The molecule has 38 heavy (non-hydrogen) atoms. The number of hydrogen-bond acceptors (Lipinski definition) is 7. The number of allylic oxidation sites excluding steroid dienone is 1. The van der Waals surface area contributed by atoms with Crippen molar-refractivity contribution in [3.05, 3.63) is 89.6 Å². The van der Waals surface area contributed by atoms with Crippen LogP contribution in [0.1, 0.15) is 18.5 Å². The lowest BCUT2D eigenvalue weighted by molar-refractivity contribution is -0.113. The predicted molar refractivity (Wildman–Crippen MR) is 149 cm³/mol. The molecule has 9 heteroatoms. The summed E-state index contributed by atoms with van der Waals surface area (Å²) in [6.45, 7) is 1.87. The maximum Gasteiger partial charge on any atom is 0.255 e. The van der Waals surface area contributed by atoms with Gasteiger partial charge in [0.25, 0.3) is 5.91 Å². The van der Waals surface area contributed by atoms with E-state index in [1.807, 2.05) is 86.6 Å². The monoisotopic (exact) mass is 510 g/mol. The number of carbonyl (C=O) groups excluding carboxylic acids is 1. The summed E-state index contributed by atoms with van der Waals surface area (Å²) >= 11 is 0. The summed E-state index contributed by atoms with van der Waals surface area (Å²) in [4.78, 5) is 20.6. The molecule has 194 valence electrons. The van der Waals surface area contributed by atoms with E-state index in [2.05, 4.69) is 10.6 Å². The number of nitrogens with one attached hydrogen (secondary N) is 2. The molecule has 9 nitrogen and oxygen atoms in total. The average Bonchev–Trinajstić information content (AvgIpc) is 3.36. The third-order valence-electron chi connectivity index (χ3n) is 6.50. The number of methoxy groups -OCH3 is 2. The van der Waals surface area contributed by atoms with Crippen LogP contribution in [0.3, 0.4) is 0 Å². The van der Waals surface area contributed by atoms with Crippen LogP contribution >= 0.6 is 0 Å². The first kappa shape index (κ1) is 24.9. The smallest absolute Gasteiger partial charge is 0.255 e. The second kappa shape index (κ2) is 10.3. The molecule has 1 atom stereocenters. The van der Waals surface area contributed by atoms with Crippen LogP contribution in [0.25, 0.3) is 11.4 Å². The summed E-state index contributed by atoms with van der Waals surface area (Å²) in [6, 6.07) is 22.5. The Hall–Kier alpha value is -4.79. The molecule has 0 bridgehead atoms. The van der Waals surface area contributed by atoms with Gasteiger partial charge in [-0.25, -0.2) is 4.68 Å². The lowest BCUT2D eigenvalue weighted by atomic mass is 9.95. The first-order valence-corrected chi connectivity index (χ1v) is 12.2. The Kier molecular flexibility index (Phi) is 6.74. The number of benzene rings is 3. The molecule has 0 spiro atoms. The molecule has 0 fully saturated rings. The zero-order valence-corrected chi connectivity index (χ0v) is 22.0. The first-order valence-electron chi connectivity index (χ1n) is 12.2. The number of rotatable bonds is 7. The van der Waals surface area contributed by atoms with Crippen molar-refractivity contribution in [2.24, 2.45) is 0 Å². The molecule has 1 unspecified atom stereocenters. The summed E-state index contributed by atoms with van der Waals surface area (Å²) < 4.78 is 12.7. The minimum Gasteiger partial charge on any atom is -0.497 e. The van der Waals surface area contributed by atoms with Crippen molar-refractivity contribution in [2.45, 2.75) is 13.0 Å². The summed E-state index contributed by atoms with van der Waals surface area (Å²) in [5, 5.41) is 11.2. The number of ether oxygens (including phenoxy) is 2. The highest BCUT2D eigenvalue weighted by molar-refractivity contribution is 6.06. The summed E-state index contributed by atoms with van der Waals surface area (Å²) in [6.07, 6.45) is 0. The molecule has 2 heterocycles. The van der Waals surface area contributed by atoms with Gasteiger partial charge < -0.3 is 25.0 Å². The Morgan fingerprint density at radius 2 is 1.76 bits per heavy atom. The molecular formula is C29H30N6O3. The van der Waals surface area contributed by atoms with Gasteiger partial charge in [-0.1, -0.05) is 24.3 Å². The largest absolute Gasteiger partial charge is 0.497 e. The van der Waals surface area contributed by atoms with Crippen LogP contribution in [0, 0.1) is 0 Å². The number of carbonyl (C=O) groups is 1. The lowest BCUT2D eigenvalue weighted by Gasteiger charge is -2.29. The molecule has 2 N–H and O–H groups in total. The highest BCUT2D eigenvalue weighted by Crippen LogP contribution is 2.38. The Balaban J connectivity index is 1.59. The van der Waals surface area contributed by atoms with E-state index in [9.17, 15) is 4.79 Å². The van der Waals surface area contributed by atoms with Crippen LogP contribution in [0.4, 0.5) is 17.3 Å². The summed E-state index contributed by atoms with van der Waals surface area (Å²) in [5.41, 5.74) is 4.57. The maximum atomic E-state index is 13.8. The minimum absolute atomic E-state index is 0.273. The fourth-order valence-electron chi connectivity index (χ4n) is 4.53. The van der Waals surface area contributed by atoms with Crippen molar-refractivity contribution >= 4 is 23.2 Å². The second-order valence-electron chi connectivity index (χ2n) is 9.14. The first-order chi connectivity index (χ1) is 18.4.